The summed E-state index contributed by atoms with van der Waals surface area (Å²) in [4.78, 5) is 7.45. The summed E-state index contributed by atoms with van der Waals surface area (Å²) in [5.41, 5.74) is 0.895. The Hall–Kier alpha value is -1.22. The molecular formula is C23H39IN4O2. The van der Waals surface area contributed by atoms with Gasteiger partial charge in [0.25, 0.3) is 0 Å². The molecule has 1 heterocycles. The Kier molecular flexibility index (Phi) is 11.1. The van der Waals surface area contributed by atoms with Crippen LogP contribution in [0.4, 0.5) is 0 Å². The Bertz CT molecular complexity index is 657. The van der Waals surface area contributed by atoms with Gasteiger partial charge in [0.05, 0.1) is 7.11 Å². The van der Waals surface area contributed by atoms with Gasteiger partial charge in [0.15, 0.2) is 5.96 Å². The number of piperidine rings is 1. The molecule has 1 aromatic carbocycles. The zero-order valence-corrected chi connectivity index (χ0v) is 20.9. The van der Waals surface area contributed by atoms with E-state index in [4.69, 9.17) is 9.73 Å². The van der Waals surface area contributed by atoms with Gasteiger partial charge in [-0.15, -0.1) is 24.0 Å². The third kappa shape index (κ3) is 7.48. The molecule has 1 aromatic rings. The van der Waals surface area contributed by atoms with E-state index in [1.165, 1.54) is 58.0 Å². The van der Waals surface area contributed by atoms with E-state index in [0.29, 0.717) is 24.8 Å². The summed E-state index contributed by atoms with van der Waals surface area (Å²) in [5, 5.41) is 17.1. The molecule has 3 N–H and O–H groups in total. The Labute approximate surface area is 198 Å². The summed E-state index contributed by atoms with van der Waals surface area (Å²) in [7, 11) is 1.60. The van der Waals surface area contributed by atoms with E-state index in [0.717, 1.165) is 24.1 Å². The first kappa shape index (κ1) is 25.0. The number of rotatable bonds is 7. The number of hydrogen-bond donors (Lipinski definition) is 3. The summed E-state index contributed by atoms with van der Waals surface area (Å²) in [6.07, 6.45) is 10.1. The van der Waals surface area contributed by atoms with Gasteiger partial charge in [-0.05, 0) is 50.7 Å². The molecule has 170 valence electrons. The lowest BCUT2D eigenvalue weighted by molar-refractivity contribution is 0.119. The van der Waals surface area contributed by atoms with E-state index in [1.807, 2.05) is 12.1 Å². The largest absolute Gasteiger partial charge is 0.508 e. The first-order valence-corrected chi connectivity index (χ1v) is 11.3. The number of nitrogens with one attached hydrogen (secondary N) is 2. The average Bonchev–Trinajstić information content (AvgIpc) is 2.76. The lowest BCUT2D eigenvalue weighted by Crippen LogP contribution is -2.51. The normalized spacial score (nSPS) is 19.2. The zero-order valence-electron chi connectivity index (χ0n) is 18.5. The molecule has 7 heteroatoms. The number of likely N-dealkylation sites (tertiary alicyclic amines) is 1. The average molecular weight is 530 g/mol. The van der Waals surface area contributed by atoms with Crippen LogP contribution in [-0.4, -0.2) is 61.3 Å². The van der Waals surface area contributed by atoms with E-state index in [1.54, 1.807) is 13.2 Å². The van der Waals surface area contributed by atoms with Gasteiger partial charge < -0.3 is 25.4 Å². The minimum absolute atomic E-state index is 0. The van der Waals surface area contributed by atoms with E-state index >= 15 is 0 Å². The summed E-state index contributed by atoms with van der Waals surface area (Å²) in [6, 6.07) is 6.75. The molecule has 1 aliphatic heterocycles. The van der Waals surface area contributed by atoms with Crippen LogP contribution in [0.3, 0.4) is 0 Å². The van der Waals surface area contributed by atoms with Crippen molar-refractivity contribution in [2.45, 2.75) is 70.4 Å². The van der Waals surface area contributed by atoms with Crippen LogP contribution in [-0.2, 0) is 6.42 Å². The van der Waals surface area contributed by atoms with Crippen LogP contribution in [0.5, 0.6) is 11.5 Å². The first-order valence-electron chi connectivity index (χ1n) is 11.3. The Morgan fingerprint density at radius 2 is 1.90 bits per heavy atom. The molecule has 1 saturated heterocycles. The fourth-order valence-electron chi connectivity index (χ4n) is 4.54. The van der Waals surface area contributed by atoms with Gasteiger partial charge in [-0.1, -0.05) is 25.3 Å². The topological polar surface area (TPSA) is 69.1 Å². The maximum atomic E-state index is 10.1. The molecule has 0 aromatic heterocycles. The van der Waals surface area contributed by atoms with Gasteiger partial charge in [0.2, 0.25) is 0 Å². The molecule has 0 spiro atoms. The fourth-order valence-corrected chi connectivity index (χ4v) is 4.54. The predicted octanol–water partition coefficient (Wildman–Crippen LogP) is 3.91. The van der Waals surface area contributed by atoms with Gasteiger partial charge in [-0.3, -0.25) is 4.99 Å². The van der Waals surface area contributed by atoms with Crippen LogP contribution >= 0.6 is 24.0 Å². The number of phenolic OH excluding ortho intramolecular Hbond substituents is 1. The van der Waals surface area contributed by atoms with Crippen LogP contribution in [0.15, 0.2) is 23.2 Å². The zero-order chi connectivity index (χ0) is 20.5. The van der Waals surface area contributed by atoms with Crippen LogP contribution < -0.4 is 15.4 Å². The number of ether oxygens (including phenoxy) is 1. The van der Waals surface area contributed by atoms with E-state index in [2.05, 4.69) is 22.5 Å². The molecule has 3 rings (SSSR count). The maximum absolute atomic E-state index is 10.1. The van der Waals surface area contributed by atoms with E-state index in [9.17, 15) is 5.11 Å². The molecule has 0 bridgehead atoms. The molecule has 2 fully saturated rings. The molecule has 0 unspecified atom stereocenters. The molecule has 0 radical (unpaired) electrons. The highest BCUT2D eigenvalue weighted by molar-refractivity contribution is 14.0. The molecule has 6 nitrogen and oxygen atoms in total. The number of aromatic hydroxyl groups is 1. The first-order chi connectivity index (χ1) is 14.2. The number of aliphatic imine (C=N–C) groups is 1. The van der Waals surface area contributed by atoms with Crippen molar-refractivity contribution in [2.24, 2.45) is 4.99 Å². The maximum Gasteiger partial charge on any atom is 0.191 e. The van der Waals surface area contributed by atoms with Crippen molar-refractivity contribution in [3.8, 4) is 11.5 Å². The smallest absolute Gasteiger partial charge is 0.191 e. The summed E-state index contributed by atoms with van der Waals surface area (Å²) < 4.78 is 5.14. The van der Waals surface area contributed by atoms with Crippen molar-refractivity contribution in [3.63, 3.8) is 0 Å². The van der Waals surface area contributed by atoms with Gasteiger partial charge in [-0.2, -0.15) is 0 Å². The molecular weight excluding hydrogens is 491 g/mol. The number of guanidine groups is 1. The van der Waals surface area contributed by atoms with Crippen molar-refractivity contribution in [3.05, 3.63) is 23.8 Å². The minimum Gasteiger partial charge on any atom is -0.508 e. The highest BCUT2D eigenvalue weighted by Crippen LogP contribution is 2.25. The molecule has 0 atom stereocenters. The number of benzene rings is 1. The van der Waals surface area contributed by atoms with Gasteiger partial charge >= 0.3 is 0 Å². The van der Waals surface area contributed by atoms with Gasteiger partial charge in [-0.25, -0.2) is 0 Å². The fraction of sp³-hybridized carbons (Fsp3) is 0.696. The van der Waals surface area contributed by atoms with Crippen molar-refractivity contribution in [2.75, 3.05) is 33.3 Å². The van der Waals surface area contributed by atoms with Crippen molar-refractivity contribution >= 4 is 29.9 Å². The summed E-state index contributed by atoms with van der Waals surface area (Å²) >= 11 is 0. The van der Waals surface area contributed by atoms with Crippen LogP contribution in [0.25, 0.3) is 0 Å². The lowest BCUT2D eigenvalue weighted by Gasteiger charge is -2.39. The standard InChI is InChI=1S/C23H38N4O2.HI/c1-3-24-23(25-14-11-18-9-10-21(29-2)17-22(18)28)26-19-12-15-27(16-13-19)20-7-5-4-6-8-20;/h9-10,17,19-20,28H,3-8,11-16H2,1-2H3,(H2,24,25,26);1H. The molecule has 2 aliphatic rings. The SMILES string of the molecule is CCNC(=NCCc1ccc(OC)cc1O)NC1CCN(C2CCCCC2)CC1.I. The Morgan fingerprint density at radius 1 is 1.17 bits per heavy atom. The summed E-state index contributed by atoms with van der Waals surface area (Å²) in [6.45, 7) is 5.97. The second kappa shape index (κ2) is 13.2. The minimum atomic E-state index is 0. The molecule has 30 heavy (non-hydrogen) atoms. The second-order valence-electron chi connectivity index (χ2n) is 8.25. The second-order valence-corrected chi connectivity index (χ2v) is 8.25. The number of nitrogens with zero attached hydrogens (tertiary/aromatic N) is 2. The van der Waals surface area contributed by atoms with Crippen molar-refractivity contribution in [1.29, 1.82) is 0 Å². The lowest BCUT2D eigenvalue weighted by atomic mass is 9.92. The van der Waals surface area contributed by atoms with Crippen molar-refractivity contribution in [1.82, 2.24) is 15.5 Å². The van der Waals surface area contributed by atoms with Crippen LogP contribution in [0, 0.1) is 0 Å². The third-order valence-corrected chi connectivity index (χ3v) is 6.25. The van der Waals surface area contributed by atoms with Gasteiger partial charge in [0, 0.05) is 44.3 Å². The number of halogens is 1. The Balaban J connectivity index is 0.00000320. The Morgan fingerprint density at radius 3 is 2.53 bits per heavy atom. The van der Waals surface area contributed by atoms with E-state index < -0.39 is 0 Å². The molecule has 1 saturated carbocycles. The molecule has 1 aliphatic carbocycles. The summed E-state index contributed by atoms with van der Waals surface area (Å²) in [5.74, 6) is 1.83. The highest BCUT2D eigenvalue weighted by atomic mass is 127. The monoisotopic (exact) mass is 530 g/mol. The third-order valence-electron chi connectivity index (χ3n) is 6.25. The van der Waals surface area contributed by atoms with E-state index in [-0.39, 0.29) is 29.7 Å². The van der Waals surface area contributed by atoms with Crippen LogP contribution in [0.2, 0.25) is 0 Å². The van der Waals surface area contributed by atoms with Gasteiger partial charge in [0.1, 0.15) is 11.5 Å². The number of phenols is 1. The number of methoxy groups -OCH3 is 1. The number of hydrogen-bond acceptors (Lipinski definition) is 4. The van der Waals surface area contributed by atoms with Crippen LogP contribution in [0.1, 0.15) is 57.4 Å². The molecule has 0 amide bonds. The quantitative estimate of drug-likeness (QED) is 0.284. The predicted molar refractivity (Wildman–Crippen MR) is 134 cm³/mol. The van der Waals surface area contributed by atoms with Crippen molar-refractivity contribution < 1.29 is 9.84 Å². The highest BCUT2D eigenvalue weighted by Gasteiger charge is 2.26.